The van der Waals surface area contributed by atoms with Crippen LogP contribution in [-0.2, 0) is 0 Å². The highest BCUT2D eigenvalue weighted by molar-refractivity contribution is 6.07. The van der Waals surface area contributed by atoms with Crippen LogP contribution in [0.3, 0.4) is 0 Å². The van der Waals surface area contributed by atoms with Crippen molar-refractivity contribution in [3.8, 4) is 0 Å². The van der Waals surface area contributed by atoms with Crippen LogP contribution in [0.1, 0.15) is 10.4 Å². The number of likely N-dealkylation sites (N-methyl/N-ethyl adjacent to an activating group) is 1. The molecule has 2 rings (SSSR count). The molecule has 72 valence electrons. The van der Waals surface area contributed by atoms with Gasteiger partial charge in [-0.05, 0) is 13.1 Å². The maximum absolute atomic E-state index is 11.6. The number of aromatic nitrogens is 1. The molecule has 1 aromatic heterocycles. The fourth-order valence-corrected chi connectivity index (χ4v) is 1.39. The SMILES string of the molecule is CNCC(=O)c1cccc2oncc12. The molecule has 0 bridgehead atoms. The summed E-state index contributed by atoms with van der Waals surface area (Å²) >= 11 is 0. The number of carbonyl (C=O) groups excluding carboxylic acids is 1. The van der Waals surface area contributed by atoms with E-state index in [4.69, 9.17) is 4.52 Å². The zero-order chi connectivity index (χ0) is 9.97. The Morgan fingerprint density at radius 1 is 1.57 bits per heavy atom. The van der Waals surface area contributed by atoms with Crippen molar-refractivity contribution in [3.63, 3.8) is 0 Å². The fourth-order valence-electron chi connectivity index (χ4n) is 1.39. The van der Waals surface area contributed by atoms with Crippen LogP contribution in [0.2, 0.25) is 0 Å². The van der Waals surface area contributed by atoms with Gasteiger partial charge >= 0.3 is 0 Å². The molecule has 4 nitrogen and oxygen atoms in total. The van der Waals surface area contributed by atoms with Gasteiger partial charge in [-0.15, -0.1) is 0 Å². The number of fused-ring (bicyclic) bond motifs is 1. The first-order chi connectivity index (χ1) is 6.83. The molecule has 4 heteroatoms. The normalized spacial score (nSPS) is 10.6. The van der Waals surface area contributed by atoms with E-state index in [1.807, 2.05) is 0 Å². The molecule has 0 aliphatic carbocycles. The molecule has 2 aromatic rings. The summed E-state index contributed by atoms with van der Waals surface area (Å²) in [5.41, 5.74) is 1.30. The second-order valence-electron chi connectivity index (χ2n) is 3.00. The van der Waals surface area contributed by atoms with Crippen LogP contribution < -0.4 is 5.32 Å². The number of benzene rings is 1. The van der Waals surface area contributed by atoms with E-state index in [2.05, 4.69) is 10.5 Å². The molecule has 0 radical (unpaired) electrons. The molecule has 0 unspecified atom stereocenters. The predicted octanol–water partition coefficient (Wildman–Crippen LogP) is 1.23. The van der Waals surface area contributed by atoms with E-state index in [0.717, 1.165) is 5.39 Å². The lowest BCUT2D eigenvalue weighted by molar-refractivity contribution is 0.0995. The number of carbonyl (C=O) groups is 1. The van der Waals surface area contributed by atoms with E-state index in [0.29, 0.717) is 17.7 Å². The van der Waals surface area contributed by atoms with E-state index in [1.165, 1.54) is 0 Å². The number of nitrogens with zero attached hydrogens (tertiary/aromatic N) is 1. The maximum Gasteiger partial charge on any atom is 0.177 e. The molecule has 0 fully saturated rings. The largest absolute Gasteiger partial charge is 0.356 e. The first-order valence-electron chi connectivity index (χ1n) is 4.34. The van der Waals surface area contributed by atoms with Crippen molar-refractivity contribution >= 4 is 16.8 Å². The summed E-state index contributed by atoms with van der Waals surface area (Å²) in [7, 11) is 1.74. The van der Waals surface area contributed by atoms with Crippen molar-refractivity contribution < 1.29 is 9.32 Å². The van der Waals surface area contributed by atoms with Gasteiger partial charge < -0.3 is 9.84 Å². The van der Waals surface area contributed by atoms with Crippen molar-refractivity contribution in [1.29, 1.82) is 0 Å². The third kappa shape index (κ3) is 1.40. The first kappa shape index (κ1) is 8.90. The molecule has 0 aliphatic rings. The average Bonchev–Trinajstić information content (AvgIpc) is 2.65. The summed E-state index contributed by atoms with van der Waals surface area (Å²) in [6.07, 6.45) is 1.57. The zero-order valence-corrected chi connectivity index (χ0v) is 7.78. The maximum atomic E-state index is 11.6. The molecule has 14 heavy (non-hydrogen) atoms. The number of nitrogens with one attached hydrogen (secondary N) is 1. The van der Waals surface area contributed by atoms with Gasteiger partial charge in [0.25, 0.3) is 0 Å². The first-order valence-corrected chi connectivity index (χ1v) is 4.34. The van der Waals surface area contributed by atoms with Crippen LogP contribution in [0.25, 0.3) is 11.0 Å². The van der Waals surface area contributed by atoms with E-state index in [1.54, 1.807) is 31.4 Å². The van der Waals surface area contributed by atoms with Gasteiger partial charge in [0.2, 0.25) is 0 Å². The second-order valence-corrected chi connectivity index (χ2v) is 3.00. The third-order valence-electron chi connectivity index (χ3n) is 2.04. The highest BCUT2D eigenvalue weighted by Gasteiger charge is 2.10. The average molecular weight is 190 g/mol. The molecule has 0 amide bonds. The van der Waals surface area contributed by atoms with Crippen LogP contribution >= 0.6 is 0 Å². The van der Waals surface area contributed by atoms with Crippen LogP contribution in [0.4, 0.5) is 0 Å². The van der Waals surface area contributed by atoms with E-state index in [-0.39, 0.29) is 5.78 Å². The van der Waals surface area contributed by atoms with Gasteiger partial charge in [-0.3, -0.25) is 4.79 Å². The van der Waals surface area contributed by atoms with Gasteiger partial charge in [0.05, 0.1) is 18.1 Å². The van der Waals surface area contributed by atoms with E-state index < -0.39 is 0 Å². The van der Waals surface area contributed by atoms with Crippen LogP contribution in [0.5, 0.6) is 0 Å². The van der Waals surface area contributed by atoms with Crippen molar-refractivity contribution in [2.75, 3.05) is 13.6 Å². The molecule has 1 N–H and O–H groups in total. The summed E-state index contributed by atoms with van der Waals surface area (Å²) in [5, 5.41) is 7.25. The Labute approximate surface area is 80.9 Å². The Bertz CT molecular complexity index is 462. The third-order valence-corrected chi connectivity index (χ3v) is 2.04. The molecule has 0 aliphatic heterocycles. The van der Waals surface area contributed by atoms with Crippen molar-refractivity contribution in [2.24, 2.45) is 0 Å². The number of Topliss-reactive ketones (excluding diaryl/α,β-unsaturated/α-hetero) is 1. The van der Waals surface area contributed by atoms with Gasteiger partial charge in [0.1, 0.15) is 0 Å². The minimum absolute atomic E-state index is 0.0429. The molecule has 1 heterocycles. The van der Waals surface area contributed by atoms with Gasteiger partial charge in [0.15, 0.2) is 11.4 Å². The number of hydrogen-bond donors (Lipinski definition) is 1. The van der Waals surface area contributed by atoms with Gasteiger partial charge in [-0.2, -0.15) is 0 Å². The lowest BCUT2D eigenvalue weighted by Gasteiger charge is -1.99. The minimum Gasteiger partial charge on any atom is -0.356 e. The summed E-state index contributed by atoms with van der Waals surface area (Å²) in [6, 6.07) is 5.36. The van der Waals surface area contributed by atoms with Crippen LogP contribution in [0, 0.1) is 0 Å². The Balaban J connectivity index is 2.50. The van der Waals surface area contributed by atoms with Crippen molar-refractivity contribution in [1.82, 2.24) is 10.5 Å². The Morgan fingerprint density at radius 2 is 2.43 bits per heavy atom. The molecule has 0 saturated heterocycles. The summed E-state index contributed by atoms with van der Waals surface area (Å²) in [4.78, 5) is 11.6. The van der Waals surface area contributed by atoms with E-state index in [9.17, 15) is 4.79 Å². The summed E-state index contributed by atoms with van der Waals surface area (Å²) in [6.45, 7) is 0.324. The molecule has 0 atom stereocenters. The van der Waals surface area contributed by atoms with Crippen molar-refractivity contribution in [3.05, 3.63) is 30.0 Å². The van der Waals surface area contributed by atoms with Gasteiger partial charge in [-0.1, -0.05) is 17.3 Å². The lowest BCUT2D eigenvalue weighted by Crippen LogP contribution is -2.18. The molecular formula is C10H10N2O2. The highest BCUT2D eigenvalue weighted by Crippen LogP contribution is 2.18. The minimum atomic E-state index is 0.0429. The van der Waals surface area contributed by atoms with Gasteiger partial charge in [-0.25, -0.2) is 0 Å². The number of rotatable bonds is 3. The Hall–Kier alpha value is -1.68. The molecular weight excluding hydrogens is 180 g/mol. The standard InChI is InChI=1S/C10H10N2O2/c1-11-6-9(13)7-3-2-4-10-8(7)5-12-14-10/h2-5,11H,6H2,1H3. The van der Waals surface area contributed by atoms with E-state index >= 15 is 0 Å². The van der Waals surface area contributed by atoms with Crippen LogP contribution in [-0.4, -0.2) is 24.5 Å². The summed E-state index contributed by atoms with van der Waals surface area (Å²) in [5.74, 6) is 0.0429. The zero-order valence-electron chi connectivity index (χ0n) is 7.78. The number of ketones is 1. The monoisotopic (exact) mass is 190 g/mol. The topological polar surface area (TPSA) is 55.1 Å². The molecule has 1 aromatic carbocycles. The smallest absolute Gasteiger partial charge is 0.177 e. The Kier molecular flexibility index (Phi) is 2.28. The molecule has 0 spiro atoms. The highest BCUT2D eigenvalue weighted by atomic mass is 16.5. The predicted molar refractivity (Wildman–Crippen MR) is 52.3 cm³/mol. The summed E-state index contributed by atoms with van der Waals surface area (Å²) < 4.78 is 4.96. The fraction of sp³-hybridized carbons (Fsp3) is 0.200. The van der Waals surface area contributed by atoms with Crippen LogP contribution in [0.15, 0.2) is 28.9 Å². The Morgan fingerprint density at radius 3 is 3.21 bits per heavy atom. The molecule has 0 saturated carbocycles. The second kappa shape index (κ2) is 3.59. The quantitative estimate of drug-likeness (QED) is 0.739. The lowest BCUT2D eigenvalue weighted by atomic mass is 10.1. The van der Waals surface area contributed by atoms with Crippen molar-refractivity contribution in [2.45, 2.75) is 0 Å². The number of hydrogen-bond acceptors (Lipinski definition) is 4. The van der Waals surface area contributed by atoms with Gasteiger partial charge in [0, 0.05) is 5.56 Å².